The normalized spacial score (nSPS) is 16.8. The Morgan fingerprint density at radius 2 is 1.14 bits per heavy atom. The number of hydrogen-bond acceptors (Lipinski definition) is 1. The predicted octanol–water partition coefficient (Wildman–Crippen LogP) is 12.2. The Balaban J connectivity index is 1.30. The quantitative estimate of drug-likeness (QED) is 0.172. The molecule has 0 bridgehead atoms. The third kappa shape index (κ3) is 3.73. The molecule has 1 aliphatic heterocycles. The molecule has 8 aromatic rings. The second-order valence-corrected chi connectivity index (χ2v) is 14.9. The van der Waals surface area contributed by atoms with Gasteiger partial charge < -0.3 is 4.57 Å². The highest BCUT2D eigenvalue weighted by atomic mass is 32.2. The van der Waals surface area contributed by atoms with E-state index < -0.39 is 5.41 Å². The Labute approximate surface area is 291 Å². The average molecular weight is 646 g/mol. The maximum atomic E-state index is 2.51. The summed E-state index contributed by atoms with van der Waals surface area (Å²) in [5.41, 5.74) is 16.5. The molecule has 1 aromatic heterocycles. The van der Waals surface area contributed by atoms with E-state index in [1.165, 1.54) is 88.0 Å². The van der Waals surface area contributed by atoms with Crippen molar-refractivity contribution in [3.05, 3.63) is 191 Å². The molecule has 0 radical (unpaired) electrons. The second kappa shape index (κ2) is 10.3. The van der Waals surface area contributed by atoms with E-state index in [4.69, 9.17) is 0 Å². The van der Waals surface area contributed by atoms with Crippen molar-refractivity contribution in [2.45, 2.75) is 29.6 Å². The van der Waals surface area contributed by atoms with E-state index in [-0.39, 0.29) is 5.41 Å². The molecule has 2 heteroatoms. The smallest absolute Gasteiger partial charge is 0.0753 e. The van der Waals surface area contributed by atoms with Crippen molar-refractivity contribution in [1.29, 1.82) is 0 Å². The Kier molecular flexibility index (Phi) is 6.05. The van der Waals surface area contributed by atoms with Crippen LogP contribution in [0.4, 0.5) is 0 Å². The lowest BCUT2D eigenvalue weighted by Crippen LogP contribution is -2.36. The fraction of sp³-hybridized carbons (Fsp3) is 0.106. The van der Waals surface area contributed by atoms with Crippen LogP contribution in [0.15, 0.2) is 163 Å². The van der Waals surface area contributed by atoms with Crippen LogP contribution >= 0.6 is 11.8 Å². The van der Waals surface area contributed by atoms with Crippen LogP contribution < -0.4 is 0 Å². The van der Waals surface area contributed by atoms with Gasteiger partial charge in [0.1, 0.15) is 0 Å². The Hall–Kier alpha value is -5.31. The van der Waals surface area contributed by atoms with Gasteiger partial charge in [0.15, 0.2) is 0 Å². The van der Waals surface area contributed by atoms with Crippen molar-refractivity contribution in [2.75, 3.05) is 6.26 Å². The van der Waals surface area contributed by atoms with Gasteiger partial charge in [-0.15, -0.1) is 11.8 Å². The van der Waals surface area contributed by atoms with E-state index in [0.717, 1.165) is 0 Å². The summed E-state index contributed by atoms with van der Waals surface area (Å²) < 4.78 is 2.51. The highest BCUT2D eigenvalue weighted by Crippen LogP contribution is 2.56. The highest BCUT2D eigenvalue weighted by molar-refractivity contribution is 7.98. The number of rotatable bonds is 4. The molecule has 1 unspecified atom stereocenters. The molecule has 1 atom stereocenters. The SMILES string of the molecule is CSc1ccccc1C1(c2cccc(-c3ccc4c(c3)-c3ccccc3C4(C)C)c2)c2ccccc2-n2c3ccccc3c3cccc1c32. The lowest BCUT2D eigenvalue weighted by Gasteiger charge is -2.42. The van der Waals surface area contributed by atoms with Gasteiger partial charge in [-0.25, -0.2) is 0 Å². The van der Waals surface area contributed by atoms with Gasteiger partial charge in [0.2, 0.25) is 0 Å². The number of para-hydroxylation sites is 3. The average Bonchev–Trinajstić information content (AvgIpc) is 3.61. The van der Waals surface area contributed by atoms with Gasteiger partial charge in [-0.2, -0.15) is 0 Å². The molecule has 0 saturated carbocycles. The first kappa shape index (κ1) is 28.7. The number of thioether (sulfide) groups is 1. The summed E-state index contributed by atoms with van der Waals surface area (Å²) in [7, 11) is 0. The number of fused-ring (bicyclic) bond motifs is 8. The Bertz CT molecular complexity index is 2640. The van der Waals surface area contributed by atoms with Gasteiger partial charge in [0.25, 0.3) is 0 Å². The zero-order valence-corrected chi connectivity index (χ0v) is 28.7. The van der Waals surface area contributed by atoms with Crippen molar-refractivity contribution in [3.8, 4) is 27.9 Å². The van der Waals surface area contributed by atoms with Gasteiger partial charge in [-0.1, -0.05) is 141 Å². The second-order valence-electron chi connectivity index (χ2n) is 14.0. The molecule has 234 valence electrons. The predicted molar refractivity (Wildman–Crippen MR) is 207 cm³/mol. The molecule has 2 aliphatic rings. The summed E-state index contributed by atoms with van der Waals surface area (Å²) in [6.45, 7) is 4.70. The van der Waals surface area contributed by atoms with Crippen LogP contribution in [-0.2, 0) is 10.8 Å². The van der Waals surface area contributed by atoms with Gasteiger partial charge in [0.05, 0.1) is 22.1 Å². The number of aromatic nitrogens is 1. The summed E-state index contributed by atoms with van der Waals surface area (Å²) >= 11 is 1.83. The maximum absolute atomic E-state index is 2.51. The largest absolute Gasteiger partial charge is 0.309 e. The van der Waals surface area contributed by atoms with E-state index in [2.05, 4.69) is 182 Å². The number of nitrogens with zero attached hydrogens (tertiary/aromatic N) is 1. The molecule has 49 heavy (non-hydrogen) atoms. The molecule has 0 saturated heterocycles. The monoisotopic (exact) mass is 645 g/mol. The Morgan fingerprint density at radius 1 is 0.490 bits per heavy atom. The first-order valence-electron chi connectivity index (χ1n) is 17.1. The van der Waals surface area contributed by atoms with E-state index in [1.807, 2.05) is 11.8 Å². The van der Waals surface area contributed by atoms with Crippen LogP contribution in [0, 0.1) is 0 Å². The molecular formula is C47H35NS. The molecule has 0 fully saturated rings. The first-order valence-corrected chi connectivity index (χ1v) is 18.4. The summed E-state index contributed by atoms with van der Waals surface area (Å²) in [5.74, 6) is 0. The van der Waals surface area contributed by atoms with Crippen molar-refractivity contribution in [2.24, 2.45) is 0 Å². The minimum absolute atomic E-state index is 0.0131. The van der Waals surface area contributed by atoms with Crippen molar-refractivity contribution in [3.63, 3.8) is 0 Å². The summed E-state index contributed by atoms with van der Waals surface area (Å²) in [4.78, 5) is 1.29. The molecule has 10 rings (SSSR count). The fourth-order valence-corrected chi connectivity index (χ4v) is 9.90. The van der Waals surface area contributed by atoms with E-state index in [0.29, 0.717) is 0 Å². The Morgan fingerprint density at radius 3 is 2.02 bits per heavy atom. The third-order valence-corrected chi connectivity index (χ3v) is 12.2. The highest BCUT2D eigenvalue weighted by Gasteiger charge is 2.46. The third-order valence-electron chi connectivity index (χ3n) is 11.4. The van der Waals surface area contributed by atoms with Crippen LogP contribution in [0.2, 0.25) is 0 Å². The molecule has 0 amide bonds. The lowest BCUT2D eigenvalue weighted by molar-refractivity contribution is 0.660. The van der Waals surface area contributed by atoms with Crippen molar-refractivity contribution in [1.82, 2.24) is 4.57 Å². The van der Waals surface area contributed by atoms with Gasteiger partial charge in [0, 0.05) is 21.1 Å². The molecule has 7 aromatic carbocycles. The van der Waals surface area contributed by atoms with Crippen LogP contribution in [0.25, 0.3) is 49.7 Å². The van der Waals surface area contributed by atoms with Crippen molar-refractivity contribution >= 4 is 33.6 Å². The standard InChI is InChI=1S/C47H35NS/c1-46(2)37-19-6-4-16-33(37)36-29-31(26-27-38(36)46)30-14-12-15-32(28-30)47(40-21-8-11-25-44(40)49-3)39-20-7-10-24-43(39)48-42-23-9-5-17-34(42)35-18-13-22-41(47)45(35)48/h4-29H,1-3H3. The maximum Gasteiger partial charge on any atom is 0.0753 e. The molecular weight excluding hydrogens is 611 g/mol. The van der Waals surface area contributed by atoms with E-state index in [9.17, 15) is 0 Å². The summed E-state index contributed by atoms with van der Waals surface area (Å²) in [5, 5.41) is 2.59. The minimum atomic E-state index is -0.540. The number of benzene rings is 7. The zero-order chi connectivity index (χ0) is 32.9. The van der Waals surface area contributed by atoms with Crippen LogP contribution in [-0.4, -0.2) is 10.8 Å². The van der Waals surface area contributed by atoms with Crippen LogP contribution in [0.3, 0.4) is 0 Å². The lowest BCUT2D eigenvalue weighted by atomic mass is 9.63. The minimum Gasteiger partial charge on any atom is -0.309 e. The fourth-order valence-electron chi connectivity index (χ4n) is 9.25. The van der Waals surface area contributed by atoms with E-state index in [1.54, 1.807) is 0 Å². The topological polar surface area (TPSA) is 4.93 Å². The van der Waals surface area contributed by atoms with E-state index >= 15 is 0 Å². The summed E-state index contributed by atoms with van der Waals surface area (Å²) in [6.07, 6.45) is 2.21. The van der Waals surface area contributed by atoms with Gasteiger partial charge >= 0.3 is 0 Å². The molecule has 2 heterocycles. The molecule has 0 spiro atoms. The molecule has 1 aliphatic carbocycles. The zero-order valence-electron chi connectivity index (χ0n) is 27.9. The molecule has 1 nitrogen and oxygen atoms in total. The van der Waals surface area contributed by atoms with Crippen LogP contribution in [0.1, 0.15) is 47.2 Å². The first-order chi connectivity index (χ1) is 24.0. The van der Waals surface area contributed by atoms with Gasteiger partial charge in [-0.3, -0.25) is 0 Å². The van der Waals surface area contributed by atoms with Crippen LogP contribution in [0.5, 0.6) is 0 Å². The number of hydrogen-bond donors (Lipinski definition) is 0. The molecule has 0 N–H and O–H groups in total. The van der Waals surface area contributed by atoms with Gasteiger partial charge in [-0.05, 0) is 92.2 Å². The summed E-state index contributed by atoms with van der Waals surface area (Å²) in [6, 6.07) is 59.4. The van der Waals surface area contributed by atoms with Crippen molar-refractivity contribution < 1.29 is 0 Å².